The highest BCUT2D eigenvalue weighted by Crippen LogP contribution is 2.37. The van der Waals surface area contributed by atoms with Crippen LogP contribution in [-0.4, -0.2) is 7.11 Å². The second-order valence-electron chi connectivity index (χ2n) is 6.22. The Hall–Kier alpha value is -1.79. The molecule has 0 radical (unpaired) electrons. The maximum Gasteiger partial charge on any atom is 0.175 e. The second-order valence-corrected chi connectivity index (χ2v) is 7.48. The van der Waals surface area contributed by atoms with Crippen molar-refractivity contribution in [3.63, 3.8) is 0 Å². The number of nitrogens with one attached hydrogen (secondary N) is 1. The Labute approximate surface area is 189 Å². The zero-order chi connectivity index (χ0) is 19.9. The quantitative estimate of drug-likeness (QED) is 0.380. The predicted molar refractivity (Wildman–Crippen MR) is 121 cm³/mol. The summed E-state index contributed by atoms with van der Waals surface area (Å²) in [5.41, 5.74) is 2.96. The van der Waals surface area contributed by atoms with E-state index in [-0.39, 0.29) is 18.2 Å². The van der Waals surface area contributed by atoms with Crippen molar-refractivity contribution in [1.82, 2.24) is 5.32 Å². The van der Waals surface area contributed by atoms with Crippen LogP contribution in [0.3, 0.4) is 0 Å². The molecular weight excluding hydrogens is 480 g/mol. The molecule has 0 saturated heterocycles. The van der Waals surface area contributed by atoms with Gasteiger partial charge < -0.3 is 14.8 Å². The molecule has 1 N–H and O–H groups in total. The summed E-state index contributed by atoms with van der Waals surface area (Å²) in [5.74, 6) is 1.04. The van der Waals surface area contributed by atoms with E-state index in [1.165, 1.54) is 12.1 Å². The minimum absolute atomic E-state index is 0. The van der Waals surface area contributed by atoms with Crippen molar-refractivity contribution in [3.05, 3.63) is 92.7 Å². The molecule has 154 valence electrons. The molecule has 0 aliphatic heterocycles. The van der Waals surface area contributed by atoms with Gasteiger partial charge >= 0.3 is 0 Å². The number of hydrogen-bond donors (Lipinski definition) is 1. The monoisotopic (exact) mass is 499 g/mol. The van der Waals surface area contributed by atoms with E-state index in [0.29, 0.717) is 36.2 Å². The Bertz CT molecular complexity index is 939. The predicted octanol–water partition coefficient (Wildman–Crippen LogP) is 6.54. The Morgan fingerprint density at radius 3 is 2.38 bits per heavy atom. The van der Waals surface area contributed by atoms with Gasteiger partial charge in [-0.1, -0.05) is 41.9 Å². The summed E-state index contributed by atoms with van der Waals surface area (Å²) >= 11 is 9.76. The maximum atomic E-state index is 13.0. The summed E-state index contributed by atoms with van der Waals surface area (Å²) in [6.07, 6.45) is 0. The van der Waals surface area contributed by atoms with E-state index in [9.17, 15) is 4.39 Å². The Balaban J connectivity index is 0.00000300. The fraction of sp³-hybridized carbons (Fsp3) is 0.182. The summed E-state index contributed by atoms with van der Waals surface area (Å²) in [4.78, 5) is 0. The zero-order valence-electron chi connectivity index (χ0n) is 15.8. The molecule has 0 atom stereocenters. The minimum atomic E-state index is -0.232. The summed E-state index contributed by atoms with van der Waals surface area (Å²) in [5, 5.41) is 4.01. The van der Waals surface area contributed by atoms with Crippen LogP contribution in [-0.2, 0) is 19.7 Å². The Morgan fingerprint density at radius 2 is 1.69 bits per heavy atom. The van der Waals surface area contributed by atoms with Crippen LogP contribution in [0.25, 0.3) is 0 Å². The number of methoxy groups -OCH3 is 1. The first-order chi connectivity index (χ1) is 13.6. The molecule has 0 bridgehead atoms. The first-order valence-corrected chi connectivity index (χ1v) is 9.91. The third-order valence-corrected chi connectivity index (χ3v) is 5.15. The first-order valence-electron chi connectivity index (χ1n) is 8.74. The summed E-state index contributed by atoms with van der Waals surface area (Å²) < 4.78 is 25.2. The summed E-state index contributed by atoms with van der Waals surface area (Å²) in [6.45, 7) is 1.62. The van der Waals surface area contributed by atoms with Crippen molar-refractivity contribution in [1.29, 1.82) is 0 Å². The normalized spacial score (nSPS) is 10.3. The second kappa shape index (κ2) is 11.4. The van der Waals surface area contributed by atoms with Crippen LogP contribution < -0.4 is 14.8 Å². The molecule has 0 amide bonds. The van der Waals surface area contributed by atoms with Crippen molar-refractivity contribution >= 4 is 39.9 Å². The molecule has 0 aliphatic carbocycles. The van der Waals surface area contributed by atoms with Crippen molar-refractivity contribution < 1.29 is 13.9 Å². The largest absolute Gasteiger partial charge is 0.493 e. The van der Waals surface area contributed by atoms with Gasteiger partial charge in [0.15, 0.2) is 11.5 Å². The van der Waals surface area contributed by atoms with Crippen molar-refractivity contribution in [2.75, 3.05) is 7.11 Å². The number of ether oxygens (including phenoxy) is 2. The van der Waals surface area contributed by atoms with E-state index in [4.69, 9.17) is 21.1 Å². The first kappa shape index (κ1) is 23.5. The molecule has 0 saturated carbocycles. The molecular formula is C22H21BrCl2FNO2. The number of hydrogen-bond acceptors (Lipinski definition) is 3. The van der Waals surface area contributed by atoms with Crippen molar-refractivity contribution in [2.24, 2.45) is 0 Å². The molecule has 0 spiro atoms. The average molecular weight is 501 g/mol. The van der Waals surface area contributed by atoms with E-state index >= 15 is 0 Å². The SMILES string of the molecule is COc1cc(CNCc2ccc(F)cc2)cc(Br)c1OCc1ccccc1Cl.Cl. The molecule has 0 heterocycles. The third-order valence-electron chi connectivity index (χ3n) is 4.19. The van der Waals surface area contributed by atoms with Gasteiger partial charge in [-0.15, -0.1) is 12.4 Å². The fourth-order valence-electron chi connectivity index (χ4n) is 2.73. The van der Waals surface area contributed by atoms with Gasteiger partial charge in [0.25, 0.3) is 0 Å². The Morgan fingerprint density at radius 1 is 1.00 bits per heavy atom. The van der Waals surface area contributed by atoms with Gasteiger partial charge in [0.05, 0.1) is 11.6 Å². The minimum Gasteiger partial charge on any atom is -0.493 e. The molecule has 3 nitrogen and oxygen atoms in total. The average Bonchev–Trinajstić information content (AvgIpc) is 2.69. The fourth-order valence-corrected chi connectivity index (χ4v) is 3.53. The standard InChI is InChI=1S/C22H20BrClFNO2.ClH/c1-27-21-11-16(13-26-12-15-6-8-18(25)9-7-15)10-19(23)22(21)28-14-17-4-2-3-5-20(17)24;/h2-11,26H,12-14H2,1H3;1H. The lowest BCUT2D eigenvalue weighted by Crippen LogP contribution is -2.13. The number of benzene rings is 3. The van der Waals surface area contributed by atoms with Gasteiger partial charge in [0.1, 0.15) is 12.4 Å². The van der Waals surface area contributed by atoms with Gasteiger partial charge in [0.2, 0.25) is 0 Å². The lowest BCUT2D eigenvalue weighted by molar-refractivity contribution is 0.282. The van der Waals surface area contributed by atoms with Gasteiger partial charge in [-0.05, 0) is 57.4 Å². The molecule has 29 heavy (non-hydrogen) atoms. The van der Waals surface area contributed by atoms with Crippen LogP contribution in [0.5, 0.6) is 11.5 Å². The maximum absolute atomic E-state index is 13.0. The van der Waals surface area contributed by atoms with Gasteiger partial charge in [0, 0.05) is 23.7 Å². The lowest BCUT2D eigenvalue weighted by atomic mass is 10.1. The molecule has 0 aromatic heterocycles. The molecule has 0 aliphatic rings. The molecule has 3 aromatic rings. The highest BCUT2D eigenvalue weighted by atomic mass is 79.9. The third kappa shape index (κ3) is 6.61. The van der Waals surface area contributed by atoms with Gasteiger partial charge in [-0.25, -0.2) is 4.39 Å². The van der Waals surface area contributed by atoms with Crippen LogP contribution in [0.2, 0.25) is 5.02 Å². The van der Waals surface area contributed by atoms with Crippen LogP contribution in [0.1, 0.15) is 16.7 Å². The molecule has 3 aromatic carbocycles. The topological polar surface area (TPSA) is 30.5 Å². The molecule has 0 unspecified atom stereocenters. The van der Waals surface area contributed by atoms with E-state index in [1.807, 2.05) is 36.4 Å². The van der Waals surface area contributed by atoms with Crippen molar-refractivity contribution in [2.45, 2.75) is 19.7 Å². The van der Waals surface area contributed by atoms with Crippen molar-refractivity contribution in [3.8, 4) is 11.5 Å². The zero-order valence-corrected chi connectivity index (χ0v) is 18.9. The molecule has 7 heteroatoms. The Kier molecular flexibility index (Phi) is 9.24. The highest BCUT2D eigenvalue weighted by Gasteiger charge is 2.13. The van der Waals surface area contributed by atoms with Crippen LogP contribution in [0, 0.1) is 5.82 Å². The van der Waals surface area contributed by atoms with Gasteiger partial charge in [-0.3, -0.25) is 0 Å². The van der Waals surface area contributed by atoms with E-state index in [2.05, 4.69) is 21.2 Å². The van der Waals surface area contributed by atoms with Crippen LogP contribution in [0.4, 0.5) is 4.39 Å². The molecule has 0 fully saturated rings. The summed E-state index contributed by atoms with van der Waals surface area (Å²) in [7, 11) is 1.61. The number of rotatable bonds is 8. The van der Waals surface area contributed by atoms with E-state index in [1.54, 1.807) is 19.2 Å². The van der Waals surface area contributed by atoms with E-state index < -0.39 is 0 Å². The van der Waals surface area contributed by atoms with E-state index in [0.717, 1.165) is 21.2 Å². The lowest BCUT2D eigenvalue weighted by Gasteiger charge is -2.15. The molecule has 3 rings (SSSR count). The summed E-state index contributed by atoms with van der Waals surface area (Å²) in [6, 6.07) is 18.0. The van der Waals surface area contributed by atoms with Crippen LogP contribution >= 0.6 is 39.9 Å². The smallest absolute Gasteiger partial charge is 0.175 e. The van der Waals surface area contributed by atoms with Gasteiger partial charge in [-0.2, -0.15) is 0 Å². The number of halogens is 4. The highest BCUT2D eigenvalue weighted by molar-refractivity contribution is 9.10. The van der Waals surface area contributed by atoms with Crippen LogP contribution in [0.15, 0.2) is 65.1 Å².